The summed E-state index contributed by atoms with van der Waals surface area (Å²) in [4.78, 5) is 12.0. The van der Waals surface area contributed by atoms with Gasteiger partial charge in [0.25, 0.3) is 0 Å². The number of hydrogen-bond acceptors (Lipinski definition) is 1. The summed E-state index contributed by atoms with van der Waals surface area (Å²) in [6.45, 7) is 4.78. The lowest BCUT2D eigenvalue weighted by Gasteiger charge is -2.20. The summed E-state index contributed by atoms with van der Waals surface area (Å²) in [5, 5.41) is 5.92. The summed E-state index contributed by atoms with van der Waals surface area (Å²) in [5.41, 5.74) is 3.37. The van der Waals surface area contributed by atoms with E-state index < -0.39 is 0 Å². The van der Waals surface area contributed by atoms with Crippen molar-refractivity contribution >= 4 is 6.03 Å². The number of urea groups is 1. The SMILES string of the molecule is CCCNC(=O)N[C@@H](c1ccccc1)c1ccc(C)cc1. The molecule has 0 saturated heterocycles. The van der Waals surface area contributed by atoms with Crippen LogP contribution in [-0.4, -0.2) is 12.6 Å². The fourth-order valence-electron chi connectivity index (χ4n) is 2.18. The van der Waals surface area contributed by atoms with Crippen molar-refractivity contribution in [2.75, 3.05) is 6.54 Å². The van der Waals surface area contributed by atoms with Gasteiger partial charge in [-0.15, -0.1) is 0 Å². The lowest BCUT2D eigenvalue weighted by Crippen LogP contribution is -2.38. The smallest absolute Gasteiger partial charge is 0.315 e. The molecule has 0 saturated carbocycles. The highest BCUT2D eigenvalue weighted by Crippen LogP contribution is 2.22. The first-order valence-electron chi connectivity index (χ1n) is 7.36. The van der Waals surface area contributed by atoms with Gasteiger partial charge in [0.2, 0.25) is 0 Å². The van der Waals surface area contributed by atoms with Gasteiger partial charge in [-0.2, -0.15) is 0 Å². The molecule has 0 aromatic heterocycles. The third-order valence-electron chi connectivity index (χ3n) is 3.35. The minimum Gasteiger partial charge on any atom is -0.338 e. The molecule has 21 heavy (non-hydrogen) atoms. The van der Waals surface area contributed by atoms with Crippen molar-refractivity contribution < 1.29 is 4.79 Å². The predicted molar refractivity (Wildman–Crippen MR) is 86.3 cm³/mol. The summed E-state index contributed by atoms with van der Waals surface area (Å²) >= 11 is 0. The lowest BCUT2D eigenvalue weighted by molar-refractivity contribution is 0.238. The van der Waals surface area contributed by atoms with Crippen molar-refractivity contribution in [3.05, 3.63) is 71.3 Å². The molecule has 2 aromatic carbocycles. The van der Waals surface area contributed by atoms with Crippen molar-refractivity contribution in [3.63, 3.8) is 0 Å². The Hall–Kier alpha value is -2.29. The van der Waals surface area contributed by atoms with Gasteiger partial charge >= 0.3 is 6.03 Å². The van der Waals surface area contributed by atoms with Crippen molar-refractivity contribution in [3.8, 4) is 0 Å². The van der Waals surface area contributed by atoms with E-state index in [1.165, 1.54) is 5.56 Å². The van der Waals surface area contributed by atoms with Crippen LogP contribution < -0.4 is 10.6 Å². The molecule has 110 valence electrons. The number of benzene rings is 2. The van der Waals surface area contributed by atoms with Crippen LogP contribution >= 0.6 is 0 Å². The Labute approximate surface area is 126 Å². The van der Waals surface area contributed by atoms with Crippen LogP contribution in [0, 0.1) is 6.92 Å². The molecule has 3 nitrogen and oxygen atoms in total. The second-order valence-corrected chi connectivity index (χ2v) is 5.15. The number of aryl methyl sites for hydroxylation is 1. The third-order valence-corrected chi connectivity index (χ3v) is 3.35. The van der Waals surface area contributed by atoms with Crippen LogP contribution in [0.1, 0.15) is 36.1 Å². The molecule has 3 heteroatoms. The van der Waals surface area contributed by atoms with Crippen molar-refractivity contribution in [1.29, 1.82) is 0 Å². The highest BCUT2D eigenvalue weighted by Gasteiger charge is 2.16. The average Bonchev–Trinajstić information content (AvgIpc) is 2.52. The molecule has 0 unspecified atom stereocenters. The molecule has 0 aliphatic heterocycles. The van der Waals surface area contributed by atoms with E-state index in [9.17, 15) is 4.79 Å². The van der Waals surface area contributed by atoms with Crippen LogP contribution in [0.3, 0.4) is 0 Å². The molecule has 1 atom stereocenters. The minimum atomic E-state index is -0.136. The summed E-state index contributed by atoms with van der Waals surface area (Å²) in [6, 6.07) is 18.0. The fraction of sp³-hybridized carbons (Fsp3) is 0.278. The van der Waals surface area contributed by atoms with Gasteiger partial charge in [-0.25, -0.2) is 4.79 Å². The second-order valence-electron chi connectivity index (χ2n) is 5.15. The van der Waals surface area contributed by atoms with Gasteiger partial charge in [0.05, 0.1) is 6.04 Å². The molecule has 2 aromatic rings. The van der Waals surface area contributed by atoms with E-state index in [4.69, 9.17) is 0 Å². The standard InChI is InChI=1S/C18H22N2O/c1-3-13-19-18(21)20-17(15-7-5-4-6-8-15)16-11-9-14(2)10-12-16/h4-12,17H,3,13H2,1-2H3,(H2,19,20,21)/t17-/m0/s1. The number of hydrogen-bond donors (Lipinski definition) is 2. The van der Waals surface area contributed by atoms with Crippen LogP contribution in [0.4, 0.5) is 4.79 Å². The topological polar surface area (TPSA) is 41.1 Å². The number of amides is 2. The van der Waals surface area contributed by atoms with E-state index >= 15 is 0 Å². The highest BCUT2D eigenvalue weighted by molar-refractivity contribution is 5.75. The van der Waals surface area contributed by atoms with Crippen LogP contribution in [0.25, 0.3) is 0 Å². The van der Waals surface area contributed by atoms with Gasteiger partial charge in [0.1, 0.15) is 0 Å². The van der Waals surface area contributed by atoms with Gasteiger partial charge in [-0.05, 0) is 24.5 Å². The molecule has 0 spiro atoms. The van der Waals surface area contributed by atoms with Gasteiger partial charge in [0, 0.05) is 6.54 Å². The molecule has 2 amide bonds. The number of carbonyl (C=O) groups is 1. The Balaban J connectivity index is 2.22. The maximum atomic E-state index is 12.0. The van der Waals surface area contributed by atoms with Crippen molar-refractivity contribution in [2.45, 2.75) is 26.3 Å². The Bertz CT molecular complexity index is 564. The number of nitrogens with one attached hydrogen (secondary N) is 2. The quantitative estimate of drug-likeness (QED) is 0.860. The summed E-state index contributed by atoms with van der Waals surface area (Å²) < 4.78 is 0. The molecule has 2 N–H and O–H groups in total. The molecular weight excluding hydrogens is 260 g/mol. The Morgan fingerprint density at radius 3 is 2.24 bits per heavy atom. The Morgan fingerprint density at radius 2 is 1.62 bits per heavy atom. The molecule has 0 radical (unpaired) electrons. The summed E-state index contributed by atoms with van der Waals surface area (Å²) in [5.74, 6) is 0. The summed E-state index contributed by atoms with van der Waals surface area (Å²) in [6.07, 6.45) is 0.925. The zero-order chi connectivity index (χ0) is 15.1. The minimum absolute atomic E-state index is 0.133. The maximum Gasteiger partial charge on any atom is 0.315 e. The van der Waals surface area contributed by atoms with E-state index in [-0.39, 0.29) is 12.1 Å². The average molecular weight is 282 g/mol. The monoisotopic (exact) mass is 282 g/mol. The molecule has 2 rings (SSSR count). The zero-order valence-corrected chi connectivity index (χ0v) is 12.6. The fourth-order valence-corrected chi connectivity index (χ4v) is 2.18. The zero-order valence-electron chi connectivity index (χ0n) is 12.6. The molecule has 0 aliphatic rings. The molecule has 0 fully saturated rings. The lowest BCUT2D eigenvalue weighted by atomic mass is 9.98. The van der Waals surface area contributed by atoms with Crippen LogP contribution in [0.2, 0.25) is 0 Å². The van der Waals surface area contributed by atoms with E-state index in [0.717, 1.165) is 17.5 Å². The molecular formula is C18H22N2O. The normalized spacial score (nSPS) is 11.7. The van der Waals surface area contributed by atoms with Gasteiger partial charge in [0.15, 0.2) is 0 Å². The molecule has 0 aliphatic carbocycles. The van der Waals surface area contributed by atoms with E-state index in [1.54, 1.807) is 0 Å². The van der Waals surface area contributed by atoms with Crippen LogP contribution in [0.15, 0.2) is 54.6 Å². The predicted octanol–water partition coefficient (Wildman–Crippen LogP) is 3.79. The largest absolute Gasteiger partial charge is 0.338 e. The second kappa shape index (κ2) is 7.48. The molecule has 0 heterocycles. The van der Waals surface area contributed by atoms with Gasteiger partial charge in [-0.1, -0.05) is 67.1 Å². The molecule has 0 bridgehead atoms. The first-order valence-corrected chi connectivity index (χ1v) is 7.36. The van der Waals surface area contributed by atoms with Crippen molar-refractivity contribution in [2.24, 2.45) is 0 Å². The highest BCUT2D eigenvalue weighted by atomic mass is 16.2. The van der Waals surface area contributed by atoms with E-state index in [2.05, 4.69) is 41.8 Å². The maximum absolute atomic E-state index is 12.0. The third kappa shape index (κ3) is 4.35. The van der Waals surface area contributed by atoms with Gasteiger partial charge in [-0.3, -0.25) is 0 Å². The van der Waals surface area contributed by atoms with Gasteiger partial charge < -0.3 is 10.6 Å². The van der Waals surface area contributed by atoms with E-state index in [1.807, 2.05) is 37.3 Å². The van der Waals surface area contributed by atoms with Crippen LogP contribution in [0.5, 0.6) is 0 Å². The number of carbonyl (C=O) groups excluding carboxylic acids is 1. The first-order chi connectivity index (χ1) is 10.2. The Morgan fingerprint density at radius 1 is 1.00 bits per heavy atom. The van der Waals surface area contributed by atoms with E-state index in [0.29, 0.717) is 6.54 Å². The van der Waals surface area contributed by atoms with Crippen molar-refractivity contribution in [1.82, 2.24) is 10.6 Å². The number of rotatable bonds is 5. The summed E-state index contributed by atoms with van der Waals surface area (Å²) in [7, 11) is 0. The first kappa shape index (κ1) is 15.1. The Kier molecular flexibility index (Phi) is 5.38. The van der Waals surface area contributed by atoms with Crippen LogP contribution in [-0.2, 0) is 0 Å².